The summed E-state index contributed by atoms with van der Waals surface area (Å²) in [5.41, 5.74) is 2.34. The topological polar surface area (TPSA) is 80.3 Å². The minimum absolute atomic E-state index is 0.158. The number of nitriles is 1. The molecule has 5 rings (SSSR count). The predicted octanol–water partition coefficient (Wildman–Crippen LogP) is 7.96. The molecule has 0 N–H and O–H groups in total. The summed E-state index contributed by atoms with van der Waals surface area (Å²) in [6.07, 6.45) is 6.93. The molecule has 4 aromatic rings. The predicted molar refractivity (Wildman–Crippen MR) is 157 cm³/mol. The van der Waals surface area contributed by atoms with E-state index in [0.29, 0.717) is 43.1 Å². The van der Waals surface area contributed by atoms with Gasteiger partial charge in [0.25, 0.3) is 5.56 Å². The number of rotatable bonds is 6. The minimum atomic E-state index is -0.223. The molecule has 1 fully saturated rings. The van der Waals surface area contributed by atoms with E-state index in [9.17, 15) is 10.1 Å². The third kappa shape index (κ3) is 5.70. The highest BCUT2D eigenvalue weighted by Crippen LogP contribution is 2.34. The van der Waals surface area contributed by atoms with Gasteiger partial charge in [-0.25, -0.2) is 4.98 Å². The zero-order valence-corrected chi connectivity index (χ0v) is 24.3. The monoisotopic (exact) mass is 652 g/mol. The van der Waals surface area contributed by atoms with Gasteiger partial charge in [-0.05, 0) is 65.2 Å². The largest absolute Gasteiger partial charge is 0.487 e. The second-order valence-electron chi connectivity index (χ2n) is 9.19. The summed E-state index contributed by atoms with van der Waals surface area (Å²) in [5.74, 6) is 1.34. The smallest absolute Gasteiger partial charge is 0.282 e. The van der Waals surface area contributed by atoms with Crippen LogP contribution in [0.3, 0.4) is 0 Å². The Kier molecular flexibility index (Phi) is 8.27. The Morgan fingerprint density at radius 2 is 1.92 bits per heavy atom. The van der Waals surface area contributed by atoms with Gasteiger partial charge in [0.2, 0.25) is 0 Å². The highest BCUT2D eigenvalue weighted by molar-refractivity contribution is 9.10. The van der Waals surface area contributed by atoms with Crippen molar-refractivity contribution in [3.63, 3.8) is 0 Å². The van der Waals surface area contributed by atoms with Crippen molar-refractivity contribution in [2.75, 3.05) is 0 Å². The van der Waals surface area contributed by atoms with Crippen LogP contribution in [-0.2, 0) is 6.61 Å². The van der Waals surface area contributed by atoms with E-state index in [-0.39, 0.29) is 18.1 Å². The standard InChI is InChI=1S/C29H23Br2ClN4O2/c30-22-10-11-26-24(13-22)29(37)36(28(35-26)18-6-2-1-3-7-18)34-16-21-12-23(32)14-25(31)27(21)38-17-20-9-5-4-8-19(20)15-33/h4-5,8-14,16,18H,1-3,6-7,17H2. The lowest BCUT2D eigenvalue weighted by molar-refractivity contribution is 0.303. The normalized spacial score (nSPS) is 14.2. The van der Waals surface area contributed by atoms with Gasteiger partial charge in [0.05, 0.1) is 33.2 Å². The van der Waals surface area contributed by atoms with Crippen molar-refractivity contribution in [1.82, 2.24) is 9.66 Å². The van der Waals surface area contributed by atoms with Crippen LogP contribution in [0.4, 0.5) is 0 Å². The maximum atomic E-state index is 13.7. The molecule has 38 heavy (non-hydrogen) atoms. The fourth-order valence-electron chi connectivity index (χ4n) is 4.76. The number of aromatic nitrogens is 2. The molecule has 1 aromatic heterocycles. The molecule has 1 aliphatic rings. The zero-order chi connectivity index (χ0) is 26.6. The molecule has 0 radical (unpaired) electrons. The van der Waals surface area contributed by atoms with Gasteiger partial charge in [-0.3, -0.25) is 4.79 Å². The molecule has 0 unspecified atom stereocenters. The van der Waals surface area contributed by atoms with Crippen LogP contribution in [0.15, 0.2) is 73.4 Å². The zero-order valence-electron chi connectivity index (χ0n) is 20.3. The first-order chi connectivity index (χ1) is 18.4. The van der Waals surface area contributed by atoms with Crippen LogP contribution in [0.2, 0.25) is 5.02 Å². The van der Waals surface area contributed by atoms with E-state index in [1.807, 2.05) is 30.3 Å². The minimum Gasteiger partial charge on any atom is -0.487 e. The van der Waals surface area contributed by atoms with Crippen molar-refractivity contribution < 1.29 is 4.74 Å². The molecular weight excluding hydrogens is 632 g/mol. The summed E-state index contributed by atoms with van der Waals surface area (Å²) in [6.45, 7) is 0.184. The van der Waals surface area contributed by atoms with E-state index in [4.69, 9.17) is 21.3 Å². The van der Waals surface area contributed by atoms with E-state index >= 15 is 0 Å². The van der Waals surface area contributed by atoms with Gasteiger partial charge in [-0.15, -0.1) is 0 Å². The lowest BCUT2D eigenvalue weighted by Gasteiger charge is -2.22. The number of benzene rings is 3. The van der Waals surface area contributed by atoms with Crippen LogP contribution >= 0.6 is 43.5 Å². The van der Waals surface area contributed by atoms with Crippen LogP contribution in [0.1, 0.15) is 60.5 Å². The number of fused-ring (bicyclic) bond motifs is 1. The maximum absolute atomic E-state index is 13.7. The molecule has 6 nitrogen and oxygen atoms in total. The summed E-state index contributed by atoms with van der Waals surface area (Å²) in [4.78, 5) is 18.6. The molecule has 0 aliphatic heterocycles. The third-order valence-electron chi connectivity index (χ3n) is 6.66. The average Bonchev–Trinajstić information content (AvgIpc) is 2.92. The first kappa shape index (κ1) is 26.6. The summed E-state index contributed by atoms with van der Waals surface area (Å²) >= 11 is 13.4. The Labute approximate surface area is 242 Å². The number of hydrogen-bond acceptors (Lipinski definition) is 5. The summed E-state index contributed by atoms with van der Waals surface area (Å²) in [5, 5.41) is 15.1. The molecule has 1 aliphatic carbocycles. The van der Waals surface area contributed by atoms with Crippen LogP contribution < -0.4 is 10.3 Å². The molecule has 192 valence electrons. The summed E-state index contributed by atoms with van der Waals surface area (Å²) < 4.78 is 9.01. The van der Waals surface area contributed by atoms with Gasteiger partial charge < -0.3 is 4.74 Å². The van der Waals surface area contributed by atoms with Crippen LogP contribution in [0.25, 0.3) is 10.9 Å². The first-order valence-electron chi connectivity index (χ1n) is 12.3. The fourth-order valence-corrected chi connectivity index (χ4v) is 6.07. The van der Waals surface area contributed by atoms with Gasteiger partial charge in [0.15, 0.2) is 0 Å². The second-order valence-corrected chi connectivity index (χ2v) is 11.4. The number of hydrogen-bond donors (Lipinski definition) is 0. The lowest BCUT2D eigenvalue weighted by atomic mass is 9.88. The molecule has 9 heteroatoms. The van der Waals surface area contributed by atoms with E-state index in [1.54, 1.807) is 30.5 Å². The molecule has 1 heterocycles. The highest BCUT2D eigenvalue weighted by Gasteiger charge is 2.23. The van der Waals surface area contributed by atoms with Gasteiger partial charge >= 0.3 is 0 Å². The van der Waals surface area contributed by atoms with Gasteiger partial charge in [-0.2, -0.15) is 15.0 Å². The van der Waals surface area contributed by atoms with Crippen molar-refractivity contribution in [2.24, 2.45) is 5.10 Å². The third-order valence-corrected chi connectivity index (χ3v) is 7.96. The Balaban J connectivity index is 1.57. The van der Waals surface area contributed by atoms with E-state index in [0.717, 1.165) is 35.7 Å². The Bertz CT molecular complexity index is 1640. The van der Waals surface area contributed by atoms with Crippen molar-refractivity contribution in [3.8, 4) is 11.8 Å². The Morgan fingerprint density at radius 1 is 1.13 bits per heavy atom. The van der Waals surface area contributed by atoms with E-state index in [2.05, 4.69) is 43.0 Å². The van der Waals surface area contributed by atoms with Crippen molar-refractivity contribution >= 4 is 60.6 Å². The molecule has 1 saturated carbocycles. The van der Waals surface area contributed by atoms with Crippen LogP contribution in [-0.4, -0.2) is 15.9 Å². The number of halogens is 3. The maximum Gasteiger partial charge on any atom is 0.282 e. The molecule has 0 amide bonds. The molecule has 0 saturated heterocycles. The molecule has 0 bridgehead atoms. The van der Waals surface area contributed by atoms with Gasteiger partial charge in [0, 0.05) is 26.5 Å². The highest BCUT2D eigenvalue weighted by atomic mass is 79.9. The Morgan fingerprint density at radius 3 is 2.71 bits per heavy atom. The van der Waals surface area contributed by atoms with Gasteiger partial charge in [0.1, 0.15) is 18.2 Å². The molecular formula is C29H23Br2ClN4O2. The second kappa shape index (κ2) is 11.8. The summed E-state index contributed by atoms with van der Waals surface area (Å²) in [7, 11) is 0. The quantitative estimate of drug-likeness (QED) is 0.198. The number of nitrogens with zero attached hydrogens (tertiary/aromatic N) is 4. The summed E-state index contributed by atoms with van der Waals surface area (Å²) in [6, 6.07) is 18.5. The SMILES string of the molecule is N#Cc1ccccc1COc1c(Br)cc(Cl)cc1C=Nn1c(C2CCCCC2)nc2ccc(Br)cc2c1=O. The first-order valence-corrected chi connectivity index (χ1v) is 14.3. The van der Waals surface area contributed by atoms with E-state index in [1.165, 1.54) is 11.1 Å². The van der Waals surface area contributed by atoms with Crippen LogP contribution in [0, 0.1) is 11.3 Å². The van der Waals surface area contributed by atoms with E-state index < -0.39 is 0 Å². The van der Waals surface area contributed by atoms with Crippen molar-refractivity contribution in [2.45, 2.75) is 44.6 Å². The fraction of sp³-hybridized carbons (Fsp3) is 0.241. The van der Waals surface area contributed by atoms with Crippen molar-refractivity contribution in [3.05, 3.63) is 101 Å². The number of ether oxygens (including phenoxy) is 1. The lowest BCUT2D eigenvalue weighted by Crippen LogP contribution is -2.25. The Hall–Kier alpha value is -2.99. The van der Waals surface area contributed by atoms with Crippen molar-refractivity contribution in [1.29, 1.82) is 5.26 Å². The average molecular weight is 655 g/mol. The van der Waals surface area contributed by atoms with Gasteiger partial charge in [-0.1, -0.05) is 65.0 Å². The molecule has 0 atom stereocenters. The molecule has 3 aromatic carbocycles. The molecule has 0 spiro atoms. The van der Waals surface area contributed by atoms with Crippen LogP contribution in [0.5, 0.6) is 5.75 Å².